The predicted molar refractivity (Wildman–Crippen MR) is 168 cm³/mol. The zero-order chi connectivity index (χ0) is 30.0. The molecule has 0 radical (unpaired) electrons. The monoisotopic (exact) mass is 686 g/mol. The van der Waals surface area contributed by atoms with Crippen molar-refractivity contribution in [2.45, 2.75) is 26.5 Å². The molecule has 1 atom stereocenters. The number of fused-ring (bicyclic) bond motifs is 1. The van der Waals surface area contributed by atoms with Gasteiger partial charge in [-0.05, 0) is 88.9 Å². The lowest BCUT2D eigenvalue weighted by Gasteiger charge is -2.24. The quantitative estimate of drug-likeness (QED) is 0.199. The Kier molecular flexibility index (Phi) is 9.22. The minimum Gasteiger partial charge on any atom is -0.493 e. The van der Waals surface area contributed by atoms with Gasteiger partial charge in [0.25, 0.3) is 5.56 Å². The van der Waals surface area contributed by atoms with Crippen LogP contribution in [-0.2, 0) is 16.1 Å². The number of carbonyl (C=O) groups is 1. The lowest BCUT2D eigenvalue weighted by Crippen LogP contribution is -2.39. The molecular weight excluding hydrogens is 663 g/mol. The highest BCUT2D eigenvalue weighted by Gasteiger charge is 2.33. The Hall–Kier alpha value is -3.37. The molecule has 1 unspecified atom stereocenters. The Balaban J connectivity index is 1.56. The number of thiazole rings is 1. The third-order valence-corrected chi connectivity index (χ3v) is 8.62. The minimum atomic E-state index is -0.718. The number of aromatic nitrogens is 1. The van der Waals surface area contributed by atoms with Crippen molar-refractivity contribution in [3.05, 3.63) is 123 Å². The number of benzene rings is 3. The number of hydrogen-bond donors (Lipinski definition) is 0. The van der Waals surface area contributed by atoms with Crippen molar-refractivity contribution in [2.24, 2.45) is 4.99 Å². The Morgan fingerprint density at radius 1 is 1.10 bits per heavy atom. The fourth-order valence-corrected chi connectivity index (χ4v) is 6.48. The van der Waals surface area contributed by atoms with E-state index in [0.717, 1.165) is 11.1 Å². The van der Waals surface area contributed by atoms with Gasteiger partial charge in [-0.2, -0.15) is 0 Å². The average molecular weight is 688 g/mol. The lowest BCUT2D eigenvalue weighted by molar-refractivity contribution is -0.139. The summed E-state index contributed by atoms with van der Waals surface area (Å²) < 4.78 is 19.7. The highest BCUT2D eigenvalue weighted by atomic mass is 79.9. The molecule has 0 spiro atoms. The highest BCUT2D eigenvalue weighted by molar-refractivity contribution is 9.10. The Bertz CT molecular complexity index is 1870. The number of methoxy groups -OCH3 is 1. The molecule has 1 aromatic heterocycles. The van der Waals surface area contributed by atoms with E-state index in [1.807, 2.05) is 18.2 Å². The zero-order valence-electron chi connectivity index (χ0n) is 22.8. The van der Waals surface area contributed by atoms with Gasteiger partial charge in [-0.25, -0.2) is 9.79 Å². The normalized spacial score (nSPS) is 14.8. The van der Waals surface area contributed by atoms with Crippen molar-refractivity contribution in [3.63, 3.8) is 0 Å². The van der Waals surface area contributed by atoms with Gasteiger partial charge < -0.3 is 14.2 Å². The molecule has 1 aliphatic rings. The Morgan fingerprint density at radius 3 is 2.40 bits per heavy atom. The number of rotatable bonds is 8. The fraction of sp³-hybridized carbons (Fsp3) is 0.194. The molecular formula is C31H25BrCl2N2O5S. The summed E-state index contributed by atoms with van der Waals surface area (Å²) in [6.45, 7) is 4.00. The SMILES string of the molecule is CCOC(=O)C1=C(C)N=c2s/c(=C\c3cc(Br)c(OCc4ccc(Cl)cc4)c(OC)c3)c(=O)n2C1c1ccc(Cl)cc1. The molecule has 4 aromatic rings. The molecule has 2 heterocycles. The lowest BCUT2D eigenvalue weighted by atomic mass is 9.96. The molecule has 11 heteroatoms. The van der Waals surface area contributed by atoms with Crippen LogP contribution in [0.3, 0.4) is 0 Å². The molecule has 0 bridgehead atoms. The van der Waals surface area contributed by atoms with Gasteiger partial charge in [-0.1, -0.05) is 58.8 Å². The molecule has 5 rings (SSSR count). The fourth-order valence-electron chi connectivity index (χ4n) is 4.60. The topological polar surface area (TPSA) is 79.1 Å². The van der Waals surface area contributed by atoms with Gasteiger partial charge in [0.2, 0.25) is 0 Å². The first-order valence-corrected chi connectivity index (χ1v) is 15.3. The number of hydrogen-bond acceptors (Lipinski definition) is 7. The van der Waals surface area contributed by atoms with E-state index in [1.54, 1.807) is 69.5 Å². The van der Waals surface area contributed by atoms with Crippen molar-refractivity contribution >= 4 is 62.5 Å². The van der Waals surface area contributed by atoms with Crippen LogP contribution in [0.5, 0.6) is 11.5 Å². The van der Waals surface area contributed by atoms with Crippen LogP contribution in [0.1, 0.15) is 36.6 Å². The van der Waals surface area contributed by atoms with E-state index in [9.17, 15) is 9.59 Å². The highest BCUT2D eigenvalue weighted by Crippen LogP contribution is 2.37. The standard InChI is InChI=1S/C31H25BrCl2N2O5S/c1-4-40-30(38)26-17(2)35-31-36(27(26)20-7-11-22(34)12-8-20)29(37)25(42-31)15-19-13-23(32)28(24(14-19)39-3)41-16-18-5-9-21(33)10-6-18/h5-15,27H,4,16H2,1-3H3/b25-15-. The minimum absolute atomic E-state index is 0.198. The Morgan fingerprint density at radius 2 is 1.76 bits per heavy atom. The number of carbonyl (C=O) groups excluding carboxylic acids is 1. The van der Waals surface area contributed by atoms with Crippen molar-refractivity contribution < 1.29 is 19.0 Å². The van der Waals surface area contributed by atoms with Crippen molar-refractivity contribution in [1.82, 2.24) is 4.57 Å². The van der Waals surface area contributed by atoms with E-state index in [-0.39, 0.29) is 12.2 Å². The van der Waals surface area contributed by atoms with Crippen LogP contribution < -0.4 is 24.4 Å². The van der Waals surface area contributed by atoms with Crippen LogP contribution in [0.2, 0.25) is 10.0 Å². The molecule has 0 saturated heterocycles. The van der Waals surface area contributed by atoms with Gasteiger partial charge in [0.15, 0.2) is 16.3 Å². The number of esters is 1. The number of ether oxygens (including phenoxy) is 3. The molecule has 216 valence electrons. The molecule has 1 aliphatic heterocycles. The van der Waals surface area contributed by atoms with Gasteiger partial charge in [-0.3, -0.25) is 9.36 Å². The average Bonchev–Trinajstić information content (AvgIpc) is 3.26. The largest absolute Gasteiger partial charge is 0.493 e. The Labute approximate surface area is 264 Å². The number of halogens is 3. The maximum atomic E-state index is 13.9. The second-order valence-corrected chi connectivity index (χ2v) is 12.0. The second kappa shape index (κ2) is 12.9. The van der Waals surface area contributed by atoms with Crippen molar-refractivity contribution in [3.8, 4) is 11.5 Å². The van der Waals surface area contributed by atoms with E-state index in [4.69, 9.17) is 37.4 Å². The smallest absolute Gasteiger partial charge is 0.338 e. The molecule has 0 amide bonds. The third kappa shape index (κ3) is 6.20. The molecule has 0 aliphatic carbocycles. The summed E-state index contributed by atoms with van der Waals surface area (Å²) in [5.74, 6) is 0.510. The van der Waals surface area contributed by atoms with Crippen LogP contribution in [0, 0.1) is 0 Å². The summed E-state index contributed by atoms with van der Waals surface area (Å²) in [4.78, 5) is 32.0. The van der Waals surface area contributed by atoms with Crippen LogP contribution in [-0.4, -0.2) is 24.3 Å². The van der Waals surface area contributed by atoms with E-state index in [0.29, 0.717) is 58.8 Å². The molecule has 42 heavy (non-hydrogen) atoms. The predicted octanol–water partition coefficient (Wildman–Crippen LogP) is 6.46. The molecule has 0 fully saturated rings. The van der Waals surface area contributed by atoms with Gasteiger partial charge in [-0.15, -0.1) is 0 Å². The van der Waals surface area contributed by atoms with Gasteiger partial charge in [0, 0.05) is 10.0 Å². The summed E-state index contributed by atoms with van der Waals surface area (Å²) in [5, 5.41) is 1.20. The second-order valence-electron chi connectivity index (χ2n) is 9.30. The van der Waals surface area contributed by atoms with Gasteiger partial charge >= 0.3 is 5.97 Å². The summed E-state index contributed by atoms with van der Waals surface area (Å²) in [6.07, 6.45) is 1.77. The van der Waals surface area contributed by atoms with E-state index in [1.165, 1.54) is 15.9 Å². The van der Waals surface area contributed by atoms with E-state index < -0.39 is 12.0 Å². The third-order valence-electron chi connectivity index (χ3n) is 6.55. The maximum Gasteiger partial charge on any atom is 0.338 e. The first kappa shape index (κ1) is 30.1. The van der Waals surface area contributed by atoms with E-state index in [2.05, 4.69) is 20.9 Å². The number of allylic oxidation sites excluding steroid dienone is 1. The summed E-state index contributed by atoms with van der Waals surface area (Å²) in [7, 11) is 1.56. The number of nitrogens with zero attached hydrogens (tertiary/aromatic N) is 2. The summed E-state index contributed by atoms with van der Waals surface area (Å²) in [5.41, 5.74) is 2.90. The van der Waals surface area contributed by atoms with Gasteiger partial charge in [0.1, 0.15) is 6.61 Å². The summed E-state index contributed by atoms with van der Waals surface area (Å²) >= 11 is 17.0. The maximum absolute atomic E-state index is 13.9. The zero-order valence-corrected chi connectivity index (χ0v) is 26.7. The van der Waals surface area contributed by atoms with Gasteiger partial charge in [0.05, 0.1) is 40.0 Å². The molecule has 0 saturated carbocycles. The van der Waals surface area contributed by atoms with Crippen LogP contribution >= 0.6 is 50.5 Å². The van der Waals surface area contributed by atoms with Crippen LogP contribution in [0.15, 0.2) is 86.2 Å². The molecule has 7 nitrogen and oxygen atoms in total. The van der Waals surface area contributed by atoms with Crippen molar-refractivity contribution in [1.29, 1.82) is 0 Å². The van der Waals surface area contributed by atoms with Crippen molar-refractivity contribution in [2.75, 3.05) is 13.7 Å². The van der Waals surface area contributed by atoms with Crippen LogP contribution in [0.25, 0.3) is 6.08 Å². The summed E-state index contributed by atoms with van der Waals surface area (Å²) in [6, 6.07) is 17.4. The first-order chi connectivity index (χ1) is 20.2. The molecule has 3 aromatic carbocycles. The van der Waals surface area contributed by atoms with E-state index >= 15 is 0 Å². The molecule has 0 N–H and O–H groups in total. The van der Waals surface area contributed by atoms with Crippen LogP contribution in [0.4, 0.5) is 0 Å². The first-order valence-electron chi connectivity index (χ1n) is 12.9.